The lowest BCUT2D eigenvalue weighted by Crippen LogP contribution is -2.50. The molecule has 2 aliphatic heterocycles. The summed E-state index contributed by atoms with van der Waals surface area (Å²) in [4.78, 5) is 20.1. The van der Waals surface area contributed by atoms with Gasteiger partial charge in [-0.1, -0.05) is 41.1 Å². The van der Waals surface area contributed by atoms with E-state index < -0.39 is 0 Å². The molecule has 2 fully saturated rings. The summed E-state index contributed by atoms with van der Waals surface area (Å²) in [5.41, 5.74) is 7.50. The third-order valence-corrected chi connectivity index (χ3v) is 6.91. The summed E-state index contributed by atoms with van der Waals surface area (Å²) in [6.07, 6.45) is 1.02. The lowest BCUT2D eigenvalue weighted by molar-refractivity contribution is 0.137. The smallest absolute Gasteiger partial charge is 0.315 e. The van der Waals surface area contributed by atoms with E-state index in [9.17, 15) is 4.79 Å². The summed E-state index contributed by atoms with van der Waals surface area (Å²) in [5, 5.41) is 1.27. The molecule has 2 N–H and O–H groups in total. The molecule has 144 valence electrons. The summed E-state index contributed by atoms with van der Waals surface area (Å²) in [5.74, 6) is 0.752. The van der Waals surface area contributed by atoms with E-state index in [1.165, 1.54) is 16.9 Å². The molecule has 0 unspecified atom stereocenters. The van der Waals surface area contributed by atoms with Crippen molar-refractivity contribution in [2.45, 2.75) is 25.0 Å². The molecule has 2 bridgehead atoms. The fraction of sp³-hybridized carbons (Fsp3) is 0.300. The fourth-order valence-corrected chi connectivity index (χ4v) is 5.28. The number of fused-ring (bicyclic) bond motifs is 3. The van der Waals surface area contributed by atoms with E-state index in [-0.39, 0.29) is 12.1 Å². The standard InChI is InChI=1S/C20H19ClN4O2S/c21-16-2-1-3-17-18(16)28-20(23-17)27-15-6-4-12(5-7-15)9-24-10-14-8-13(24)11-25(14)19(22)26/h1-7,13-14H,8-11H2,(H2,22,26)/t13-,14+/m0/s1. The Morgan fingerprint density at radius 2 is 2.04 bits per heavy atom. The van der Waals surface area contributed by atoms with E-state index in [4.69, 9.17) is 22.1 Å². The molecule has 0 saturated carbocycles. The predicted octanol–water partition coefficient (Wildman–Crippen LogP) is 4.08. The first-order valence-corrected chi connectivity index (χ1v) is 10.4. The SMILES string of the molecule is NC(=O)N1C[C@@H]2C[C@@H]1CN2Cc1ccc(Oc2nc3cccc(Cl)c3s2)cc1. The van der Waals surface area contributed by atoms with Crippen molar-refractivity contribution in [3.05, 3.63) is 53.1 Å². The Balaban J connectivity index is 1.24. The van der Waals surface area contributed by atoms with E-state index in [2.05, 4.69) is 22.0 Å². The number of rotatable bonds is 4. The highest BCUT2D eigenvalue weighted by molar-refractivity contribution is 7.20. The number of nitrogens with zero attached hydrogens (tertiary/aromatic N) is 3. The maximum Gasteiger partial charge on any atom is 0.315 e. The van der Waals surface area contributed by atoms with Crippen molar-refractivity contribution >= 4 is 39.2 Å². The van der Waals surface area contributed by atoms with E-state index in [1.54, 1.807) is 4.90 Å². The van der Waals surface area contributed by atoms with Crippen LogP contribution in [0.5, 0.6) is 10.9 Å². The molecule has 28 heavy (non-hydrogen) atoms. The Labute approximate surface area is 171 Å². The molecule has 0 radical (unpaired) electrons. The van der Waals surface area contributed by atoms with Crippen molar-refractivity contribution in [2.24, 2.45) is 5.73 Å². The van der Waals surface area contributed by atoms with Crippen molar-refractivity contribution in [3.8, 4) is 10.9 Å². The van der Waals surface area contributed by atoms with Gasteiger partial charge in [0.05, 0.1) is 15.2 Å². The average molecular weight is 415 g/mol. The summed E-state index contributed by atoms with van der Waals surface area (Å²) < 4.78 is 6.85. The number of halogens is 1. The number of thiazole rings is 1. The van der Waals surface area contributed by atoms with Gasteiger partial charge < -0.3 is 15.4 Å². The topological polar surface area (TPSA) is 71.7 Å². The molecular formula is C20H19ClN4O2S. The van der Waals surface area contributed by atoms with E-state index in [1.807, 2.05) is 30.3 Å². The van der Waals surface area contributed by atoms with Gasteiger partial charge in [-0.3, -0.25) is 4.90 Å². The maximum atomic E-state index is 11.4. The number of carbonyl (C=O) groups is 1. The molecule has 3 heterocycles. The average Bonchev–Trinajstić information content (AvgIpc) is 3.37. The van der Waals surface area contributed by atoms with Crippen LogP contribution in [0.25, 0.3) is 10.2 Å². The zero-order valence-corrected chi connectivity index (χ0v) is 16.6. The van der Waals surface area contributed by atoms with Crippen LogP contribution in [0, 0.1) is 0 Å². The minimum Gasteiger partial charge on any atom is -0.431 e. The summed E-state index contributed by atoms with van der Waals surface area (Å²) in [6.45, 7) is 2.49. The second-order valence-electron chi connectivity index (χ2n) is 7.28. The highest BCUT2D eigenvalue weighted by Crippen LogP contribution is 2.36. The van der Waals surface area contributed by atoms with Crippen LogP contribution in [-0.4, -0.2) is 46.0 Å². The summed E-state index contributed by atoms with van der Waals surface area (Å²) in [7, 11) is 0. The molecule has 8 heteroatoms. The van der Waals surface area contributed by atoms with Crippen LogP contribution in [0.3, 0.4) is 0 Å². The van der Waals surface area contributed by atoms with Gasteiger partial charge in [0.2, 0.25) is 0 Å². The van der Waals surface area contributed by atoms with Crippen LogP contribution in [0.1, 0.15) is 12.0 Å². The summed E-state index contributed by atoms with van der Waals surface area (Å²) >= 11 is 7.65. The Hall–Kier alpha value is -2.35. The number of carbonyl (C=O) groups excluding carboxylic acids is 1. The van der Waals surface area contributed by atoms with Crippen molar-refractivity contribution in [3.63, 3.8) is 0 Å². The highest BCUT2D eigenvalue weighted by Gasteiger charge is 2.44. The van der Waals surface area contributed by atoms with Crippen molar-refractivity contribution in [1.29, 1.82) is 0 Å². The highest BCUT2D eigenvalue weighted by atomic mass is 35.5. The number of urea groups is 1. The molecule has 2 amide bonds. The van der Waals surface area contributed by atoms with Gasteiger partial charge in [-0.05, 0) is 36.2 Å². The summed E-state index contributed by atoms with van der Waals surface area (Å²) in [6, 6.07) is 14.1. The minimum absolute atomic E-state index is 0.260. The van der Waals surface area contributed by atoms with Gasteiger partial charge >= 0.3 is 6.03 Å². The van der Waals surface area contributed by atoms with Crippen LogP contribution in [0.4, 0.5) is 4.79 Å². The molecule has 1 aromatic heterocycles. The number of aromatic nitrogens is 1. The van der Waals surface area contributed by atoms with Crippen LogP contribution >= 0.6 is 22.9 Å². The minimum atomic E-state index is -0.301. The second kappa shape index (κ2) is 6.92. The van der Waals surface area contributed by atoms with E-state index in [0.717, 1.165) is 42.0 Å². The van der Waals surface area contributed by atoms with Gasteiger partial charge in [0, 0.05) is 31.7 Å². The zero-order valence-electron chi connectivity index (χ0n) is 15.0. The molecule has 2 atom stereocenters. The Bertz CT molecular complexity index is 1040. The quantitative estimate of drug-likeness (QED) is 0.698. The molecule has 2 aliphatic rings. The fourth-order valence-electron chi connectivity index (χ4n) is 4.15. The maximum absolute atomic E-state index is 11.4. The van der Waals surface area contributed by atoms with Crippen LogP contribution in [0.15, 0.2) is 42.5 Å². The molecule has 3 aromatic rings. The number of primary amides is 1. The number of hydrogen-bond acceptors (Lipinski definition) is 5. The molecule has 0 aliphatic carbocycles. The number of piperazine rings is 1. The van der Waals surface area contributed by atoms with Crippen LogP contribution in [-0.2, 0) is 6.54 Å². The van der Waals surface area contributed by atoms with E-state index >= 15 is 0 Å². The Morgan fingerprint density at radius 3 is 2.71 bits per heavy atom. The number of nitrogens with two attached hydrogens (primary N) is 1. The van der Waals surface area contributed by atoms with Crippen molar-refractivity contribution in [1.82, 2.24) is 14.8 Å². The second-order valence-corrected chi connectivity index (χ2v) is 8.65. The molecule has 6 nitrogen and oxygen atoms in total. The monoisotopic (exact) mass is 414 g/mol. The Morgan fingerprint density at radius 1 is 1.21 bits per heavy atom. The lowest BCUT2D eigenvalue weighted by Gasteiger charge is -2.33. The number of hydrogen-bond donors (Lipinski definition) is 1. The van der Waals surface area contributed by atoms with Gasteiger partial charge in [-0.2, -0.15) is 0 Å². The third-order valence-electron chi connectivity index (χ3n) is 5.50. The number of benzene rings is 2. The zero-order chi connectivity index (χ0) is 19.3. The predicted molar refractivity (Wildman–Crippen MR) is 110 cm³/mol. The molecular weight excluding hydrogens is 396 g/mol. The molecule has 2 aromatic carbocycles. The lowest BCUT2D eigenvalue weighted by atomic mass is 10.2. The number of likely N-dealkylation sites (tertiary alicyclic amines) is 2. The van der Waals surface area contributed by atoms with Gasteiger partial charge in [0.1, 0.15) is 5.75 Å². The van der Waals surface area contributed by atoms with Gasteiger partial charge in [0.25, 0.3) is 5.19 Å². The van der Waals surface area contributed by atoms with Gasteiger partial charge in [0.15, 0.2) is 0 Å². The van der Waals surface area contributed by atoms with Gasteiger partial charge in [-0.25, -0.2) is 9.78 Å². The van der Waals surface area contributed by atoms with Crippen molar-refractivity contribution < 1.29 is 9.53 Å². The molecule has 2 saturated heterocycles. The number of ether oxygens (including phenoxy) is 1. The van der Waals surface area contributed by atoms with Crippen LogP contribution < -0.4 is 10.5 Å². The first-order valence-electron chi connectivity index (χ1n) is 9.19. The Kier molecular flexibility index (Phi) is 4.38. The first kappa shape index (κ1) is 17.7. The van der Waals surface area contributed by atoms with Gasteiger partial charge in [-0.15, -0.1) is 0 Å². The normalized spacial score (nSPS) is 21.5. The molecule has 0 spiro atoms. The molecule has 5 rings (SSSR count). The largest absolute Gasteiger partial charge is 0.431 e. The van der Waals surface area contributed by atoms with Crippen LogP contribution in [0.2, 0.25) is 5.02 Å². The van der Waals surface area contributed by atoms with Crippen molar-refractivity contribution in [2.75, 3.05) is 13.1 Å². The number of amides is 2. The first-order chi connectivity index (χ1) is 13.6. The third kappa shape index (κ3) is 3.19. The van der Waals surface area contributed by atoms with E-state index in [0.29, 0.717) is 16.3 Å².